The number of amides is 2. The lowest BCUT2D eigenvalue weighted by molar-refractivity contribution is -0.134. The van der Waals surface area contributed by atoms with Crippen LogP contribution in [0.2, 0.25) is 0 Å². The Labute approximate surface area is 177 Å². The van der Waals surface area contributed by atoms with Crippen molar-refractivity contribution in [1.82, 2.24) is 24.7 Å². The van der Waals surface area contributed by atoms with Gasteiger partial charge in [-0.05, 0) is 12.8 Å². The maximum absolute atomic E-state index is 12.9. The molecule has 0 aliphatic carbocycles. The SMILES string of the molecule is CNc1nc(C2CCCN(C(=O)CN3CCOCC3)C2)nc2c1CN(C(C)=O)CC2. The first-order valence-corrected chi connectivity index (χ1v) is 11.0. The van der Waals surface area contributed by atoms with Crippen LogP contribution in [-0.2, 0) is 27.3 Å². The molecule has 1 aromatic rings. The Bertz CT molecular complexity index is 778. The quantitative estimate of drug-likeness (QED) is 0.763. The number of fused-ring (bicyclic) bond motifs is 1. The summed E-state index contributed by atoms with van der Waals surface area (Å²) >= 11 is 0. The highest BCUT2D eigenvalue weighted by atomic mass is 16.5. The van der Waals surface area contributed by atoms with E-state index in [-0.39, 0.29) is 17.7 Å². The fourth-order valence-electron chi connectivity index (χ4n) is 4.56. The second-order valence-electron chi connectivity index (χ2n) is 8.36. The van der Waals surface area contributed by atoms with Gasteiger partial charge in [0.25, 0.3) is 0 Å². The van der Waals surface area contributed by atoms with Gasteiger partial charge in [0.05, 0.1) is 32.0 Å². The van der Waals surface area contributed by atoms with Crippen molar-refractivity contribution in [2.75, 3.05) is 64.8 Å². The van der Waals surface area contributed by atoms with Gasteiger partial charge in [-0.1, -0.05) is 0 Å². The average Bonchev–Trinajstić information content (AvgIpc) is 2.78. The van der Waals surface area contributed by atoms with Crippen molar-refractivity contribution in [2.45, 2.75) is 38.6 Å². The number of aromatic nitrogens is 2. The van der Waals surface area contributed by atoms with Crippen molar-refractivity contribution in [3.8, 4) is 0 Å². The second-order valence-corrected chi connectivity index (χ2v) is 8.36. The number of anilines is 1. The van der Waals surface area contributed by atoms with Crippen molar-refractivity contribution in [1.29, 1.82) is 0 Å². The average molecular weight is 417 g/mol. The van der Waals surface area contributed by atoms with E-state index in [1.165, 1.54) is 0 Å². The van der Waals surface area contributed by atoms with E-state index in [2.05, 4.69) is 10.2 Å². The van der Waals surface area contributed by atoms with Crippen molar-refractivity contribution >= 4 is 17.6 Å². The van der Waals surface area contributed by atoms with Crippen LogP contribution in [0.15, 0.2) is 0 Å². The number of ether oxygens (including phenoxy) is 1. The van der Waals surface area contributed by atoms with Gasteiger partial charge in [-0.25, -0.2) is 9.97 Å². The fraction of sp³-hybridized carbons (Fsp3) is 0.714. The van der Waals surface area contributed by atoms with Crippen LogP contribution in [0.5, 0.6) is 0 Å². The first-order chi connectivity index (χ1) is 14.5. The molecule has 1 unspecified atom stereocenters. The van der Waals surface area contributed by atoms with E-state index in [0.717, 1.165) is 61.8 Å². The lowest BCUT2D eigenvalue weighted by Gasteiger charge is -2.35. The summed E-state index contributed by atoms with van der Waals surface area (Å²) in [5.74, 6) is 2.03. The van der Waals surface area contributed by atoms with E-state index in [9.17, 15) is 9.59 Å². The van der Waals surface area contributed by atoms with Crippen molar-refractivity contribution in [2.24, 2.45) is 0 Å². The number of hydrogen-bond donors (Lipinski definition) is 1. The Morgan fingerprint density at radius 3 is 2.67 bits per heavy atom. The summed E-state index contributed by atoms with van der Waals surface area (Å²) in [4.78, 5) is 40.3. The number of nitrogens with one attached hydrogen (secondary N) is 1. The predicted molar refractivity (Wildman–Crippen MR) is 112 cm³/mol. The lowest BCUT2D eigenvalue weighted by atomic mass is 9.96. The summed E-state index contributed by atoms with van der Waals surface area (Å²) in [6.45, 7) is 7.82. The van der Waals surface area contributed by atoms with E-state index in [1.807, 2.05) is 16.8 Å². The smallest absolute Gasteiger partial charge is 0.236 e. The first kappa shape index (κ1) is 21.0. The lowest BCUT2D eigenvalue weighted by Crippen LogP contribution is -2.47. The first-order valence-electron chi connectivity index (χ1n) is 11.0. The van der Waals surface area contributed by atoms with Gasteiger partial charge in [0.15, 0.2) is 0 Å². The van der Waals surface area contributed by atoms with Gasteiger partial charge in [-0.15, -0.1) is 0 Å². The molecule has 0 spiro atoms. The molecule has 1 atom stereocenters. The second kappa shape index (κ2) is 9.26. The van der Waals surface area contributed by atoms with Crippen LogP contribution in [0.3, 0.4) is 0 Å². The molecule has 4 rings (SSSR count). The molecule has 1 N–H and O–H groups in total. The van der Waals surface area contributed by atoms with E-state index >= 15 is 0 Å². The van der Waals surface area contributed by atoms with Gasteiger partial charge in [-0.2, -0.15) is 0 Å². The van der Waals surface area contributed by atoms with Gasteiger partial charge in [0.2, 0.25) is 11.8 Å². The molecular weight excluding hydrogens is 384 g/mol. The molecule has 4 heterocycles. The van der Waals surface area contributed by atoms with Gasteiger partial charge in [0.1, 0.15) is 11.6 Å². The van der Waals surface area contributed by atoms with Crippen LogP contribution in [0.4, 0.5) is 5.82 Å². The number of nitrogens with zero attached hydrogens (tertiary/aromatic N) is 5. The number of rotatable bonds is 4. The minimum absolute atomic E-state index is 0.0773. The van der Waals surface area contributed by atoms with Crippen molar-refractivity contribution in [3.63, 3.8) is 0 Å². The molecule has 2 amide bonds. The summed E-state index contributed by atoms with van der Waals surface area (Å²) in [5, 5.41) is 3.19. The van der Waals surface area contributed by atoms with Crippen molar-refractivity contribution in [3.05, 3.63) is 17.1 Å². The molecule has 2 fully saturated rings. The normalized spacial score (nSPS) is 22.5. The molecular formula is C21H32N6O3. The molecule has 0 aromatic carbocycles. The molecule has 2 saturated heterocycles. The fourth-order valence-corrected chi connectivity index (χ4v) is 4.56. The van der Waals surface area contributed by atoms with Gasteiger partial charge in [0, 0.05) is 64.6 Å². The number of likely N-dealkylation sites (tertiary alicyclic amines) is 1. The van der Waals surface area contributed by atoms with E-state index < -0.39 is 0 Å². The van der Waals surface area contributed by atoms with Crippen LogP contribution in [0.1, 0.15) is 42.8 Å². The molecule has 9 nitrogen and oxygen atoms in total. The summed E-state index contributed by atoms with van der Waals surface area (Å²) in [6, 6.07) is 0. The largest absolute Gasteiger partial charge is 0.379 e. The van der Waals surface area contributed by atoms with E-state index in [0.29, 0.717) is 39.4 Å². The monoisotopic (exact) mass is 416 g/mol. The zero-order chi connectivity index (χ0) is 21.1. The Hall–Kier alpha value is -2.26. The Morgan fingerprint density at radius 2 is 1.93 bits per heavy atom. The zero-order valence-electron chi connectivity index (χ0n) is 18.0. The predicted octanol–water partition coefficient (Wildman–Crippen LogP) is 0.461. The molecule has 0 saturated carbocycles. The van der Waals surface area contributed by atoms with Crippen LogP contribution in [0, 0.1) is 0 Å². The van der Waals surface area contributed by atoms with E-state index in [1.54, 1.807) is 6.92 Å². The number of carbonyl (C=O) groups is 2. The third-order valence-corrected chi connectivity index (χ3v) is 6.36. The van der Waals surface area contributed by atoms with Gasteiger partial charge >= 0.3 is 0 Å². The minimum Gasteiger partial charge on any atom is -0.379 e. The number of carbonyl (C=O) groups excluding carboxylic acids is 2. The third-order valence-electron chi connectivity index (χ3n) is 6.36. The molecule has 0 bridgehead atoms. The van der Waals surface area contributed by atoms with Crippen LogP contribution >= 0.6 is 0 Å². The molecule has 0 radical (unpaired) electrons. The van der Waals surface area contributed by atoms with Crippen LogP contribution < -0.4 is 5.32 Å². The highest BCUT2D eigenvalue weighted by Crippen LogP contribution is 2.30. The van der Waals surface area contributed by atoms with Gasteiger partial charge < -0.3 is 19.9 Å². The van der Waals surface area contributed by atoms with Crippen molar-refractivity contribution < 1.29 is 14.3 Å². The number of hydrogen-bond acceptors (Lipinski definition) is 7. The topological polar surface area (TPSA) is 90.9 Å². The molecule has 3 aliphatic heterocycles. The van der Waals surface area contributed by atoms with Gasteiger partial charge in [-0.3, -0.25) is 14.5 Å². The molecule has 164 valence electrons. The molecule has 30 heavy (non-hydrogen) atoms. The Kier molecular flexibility index (Phi) is 6.48. The summed E-state index contributed by atoms with van der Waals surface area (Å²) in [5.41, 5.74) is 2.04. The molecule has 9 heteroatoms. The molecule has 1 aromatic heterocycles. The van der Waals surface area contributed by atoms with Crippen LogP contribution in [-0.4, -0.2) is 96.0 Å². The zero-order valence-corrected chi connectivity index (χ0v) is 18.0. The highest BCUT2D eigenvalue weighted by molar-refractivity contribution is 5.78. The maximum atomic E-state index is 12.9. The standard InChI is InChI=1S/C21H32N6O3/c1-15(28)26-7-5-18-17(13-26)21(22-2)24-20(23-18)16-4-3-6-27(12-16)19(29)14-25-8-10-30-11-9-25/h16H,3-14H2,1-2H3,(H,22,23,24). The summed E-state index contributed by atoms with van der Waals surface area (Å²) < 4.78 is 5.38. The van der Waals surface area contributed by atoms with E-state index in [4.69, 9.17) is 14.7 Å². The number of morpholine rings is 1. The van der Waals surface area contributed by atoms with Crippen LogP contribution in [0.25, 0.3) is 0 Å². The Balaban J connectivity index is 1.47. The molecule has 3 aliphatic rings. The highest BCUT2D eigenvalue weighted by Gasteiger charge is 2.30. The summed E-state index contributed by atoms with van der Waals surface area (Å²) in [6.07, 6.45) is 2.70. The number of piperidine rings is 1. The minimum atomic E-state index is 0.0773. The Morgan fingerprint density at radius 1 is 1.13 bits per heavy atom. The third kappa shape index (κ3) is 4.57. The summed E-state index contributed by atoms with van der Waals surface area (Å²) in [7, 11) is 1.86. The maximum Gasteiger partial charge on any atom is 0.236 e.